The predicted octanol–water partition coefficient (Wildman–Crippen LogP) is 3.41. The van der Waals surface area contributed by atoms with Crippen molar-refractivity contribution in [3.8, 4) is 5.75 Å². The quantitative estimate of drug-likeness (QED) is 0.626. The van der Waals surface area contributed by atoms with Crippen LogP contribution in [0.15, 0.2) is 59.5 Å². The van der Waals surface area contributed by atoms with Crippen LogP contribution in [0.4, 0.5) is 0 Å². The van der Waals surface area contributed by atoms with Crippen LogP contribution in [0.2, 0.25) is 0 Å². The molecule has 3 aliphatic rings. The van der Waals surface area contributed by atoms with Gasteiger partial charge >= 0.3 is 0 Å². The second-order valence-electron chi connectivity index (χ2n) is 10.5. The Balaban J connectivity index is 1.42. The molecule has 1 unspecified atom stereocenters. The molecular formula is C26H32N2O5S. The van der Waals surface area contributed by atoms with E-state index in [1.165, 1.54) is 17.7 Å². The number of hydrogen-bond acceptors (Lipinski definition) is 5. The van der Waals surface area contributed by atoms with Crippen molar-refractivity contribution in [2.24, 2.45) is 28.4 Å². The number of carbonyl (C=O) groups is 1. The first kappa shape index (κ1) is 23.3. The summed E-state index contributed by atoms with van der Waals surface area (Å²) in [4.78, 5) is 11.1. The molecule has 2 aromatic rings. The predicted molar refractivity (Wildman–Crippen MR) is 127 cm³/mol. The van der Waals surface area contributed by atoms with Crippen LogP contribution >= 0.6 is 0 Å². The van der Waals surface area contributed by atoms with E-state index < -0.39 is 15.9 Å². The molecule has 2 bridgehead atoms. The lowest BCUT2D eigenvalue weighted by molar-refractivity contribution is -0.120. The van der Waals surface area contributed by atoms with Crippen molar-refractivity contribution in [3.05, 3.63) is 60.2 Å². The van der Waals surface area contributed by atoms with E-state index in [2.05, 4.69) is 30.7 Å². The summed E-state index contributed by atoms with van der Waals surface area (Å²) in [5.74, 6) is 0.518. The number of rotatable bonds is 7. The molecule has 182 valence electrons. The van der Waals surface area contributed by atoms with Crippen LogP contribution in [0, 0.1) is 22.7 Å². The summed E-state index contributed by atoms with van der Waals surface area (Å²) >= 11 is 0. The van der Waals surface area contributed by atoms with Crippen LogP contribution in [-0.4, -0.2) is 33.6 Å². The van der Waals surface area contributed by atoms with Crippen molar-refractivity contribution >= 4 is 15.9 Å². The van der Waals surface area contributed by atoms with E-state index in [4.69, 9.17) is 15.2 Å². The Labute approximate surface area is 201 Å². The normalized spacial score (nSPS) is 31.7. The Morgan fingerprint density at radius 1 is 1.15 bits per heavy atom. The molecule has 1 saturated heterocycles. The molecule has 1 spiro atoms. The number of benzene rings is 2. The van der Waals surface area contributed by atoms with Crippen LogP contribution in [0.5, 0.6) is 5.75 Å². The van der Waals surface area contributed by atoms with Crippen molar-refractivity contribution in [1.82, 2.24) is 4.72 Å². The van der Waals surface area contributed by atoms with Crippen molar-refractivity contribution in [2.75, 3.05) is 13.2 Å². The van der Waals surface area contributed by atoms with E-state index in [0.29, 0.717) is 18.3 Å². The molecule has 1 amide bonds. The summed E-state index contributed by atoms with van der Waals surface area (Å²) in [5, 5.41) is 0. The highest BCUT2D eigenvalue weighted by Crippen LogP contribution is 2.70. The molecule has 3 N–H and O–H groups in total. The van der Waals surface area contributed by atoms with Crippen LogP contribution in [0.3, 0.4) is 0 Å². The zero-order valence-corrected chi connectivity index (χ0v) is 20.4. The molecule has 5 atom stereocenters. The third-order valence-corrected chi connectivity index (χ3v) is 9.86. The topological polar surface area (TPSA) is 108 Å². The summed E-state index contributed by atoms with van der Waals surface area (Å²) in [6.45, 7) is 4.77. The van der Waals surface area contributed by atoms with E-state index in [1.807, 2.05) is 18.2 Å². The monoisotopic (exact) mass is 484 g/mol. The Bertz CT molecular complexity index is 1170. The molecule has 1 heterocycles. The minimum Gasteiger partial charge on any atom is -0.484 e. The molecule has 2 saturated carbocycles. The summed E-state index contributed by atoms with van der Waals surface area (Å²) in [7, 11) is -3.76. The van der Waals surface area contributed by atoms with Crippen molar-refractivity contribution in [2.45, 2.75) is 50.2 Å². The first-order chi connectivity index (χ1) is 16.1. The van der Waals surface area contributed by atoms with Gasteiger partial charge in [-0.2, -0.15) is 0 Å². The number of nitrogens with two attached hydrogens (primary N) is 1. The van der Waals surface area contributed by atoms with Gasteiger partial charge in [0, 0.05) is 12.6 Å². The van der Waals surface area contributed by atoms with Crippen LogP contribution < -0.4 is 15.2 Å². The van der Waals surface area contributed by atoms with Gasteiger partial charge in [-0.05, 0) is 71.8 Å². The van der Waals surface area contributed by atoms with Crippen LogP contribution in [0.25, 0.3) is 0 Å². The summed E-state index contributed by atoms with van der Waals surface area (Å²) < 4.78 is 41.7. The van der Waals surface area contributed by atoms with Gasteiger partial charge in [-0.25, -0.2) is 13.1 Å². The maximum atomic E-state index is 13.5. The van der Waals surface area contributed by atoms with Crippen LogP contribution in [0.1, 0.15) is 44.8 Å². The van der Waals surface area contributed by atoms with Gasteiger partial charge in [-0.1, -0.05) is 44.2 Å². The molecular weight excluding hydrogens is 452 g/mol. The van der Waals surface area contributed by atoms with Crippen molar-refractivity contribution in [3.63, 3.8) is 0 Å². The minimum atomic E-state index is -3.76. The third-order valence-electron chi connectivity index (χ3n) is 8.42. The van der Waals surface area contributed by atoms with Gasteiger partial charge in [-0.15, -0.1) is 0 Å². The first-order valence-electron chi connectivity index (χ1n) is 11.8. The maximum Gasteiger partial charge on any atom is 0.255 e. The fraction of sp³-hybridized carbons (Fsp3) is 0.500. The molecule has 2 aromatic carbocycles. The number of nitrogens with one attached hydrogen (secondary N) is 1. The van der Waals surface area contributed by atoms with E-state index in [9.17, 15) is 13.2 Å². The van der Waals surface area contributed by atoms with E-state index >= 15 is 0 Å². The highest BCUT2D eigenvalue weighted by Gasteiger charge is 2.68. The molecule has 5 rings (SSSR count). The number of primary amides is 1. The Kier molecular flexibility index (Phi) is 5.73. The number of hydrogen-bond donors (Lipinski definition) is 2. The standard InChI is InChI=1S/C26H32N2O5S/c1-25(2)18-14-21-23(17-6-4-3-5-7-17)32-13-12-26(21,15-18)24(25)28-34(30,31)20-10-8-19(9-11-20)33-16-22(27)29/h3-11,18,21,23-24,28H,12-16H2,1-2H3,(H2,27,29)/t18-,21-,23-,24+,26?/m1/s1. The second-order valence-corrected chi connectivity index (χ2v) is 12.2. The fourth-order valence-electron chi connectivity index (χ4n) is 6.79. The Hall–Kier alpha value is -2.42. The molecule has 3 fully saturated rings. The number of ether oxygens (including phenoxy) is 2. The second kappa shape index (κ2) is 8.36. The zero-order valence-electron chi connectivity index (χ0n) is 19.6. The SMILES string of the molecule is CC1(C)[C@@H]2C[C@@H]3[C@@H](c4ccccc4)OCCC3(C2)[C@H]1NS(=O)(=O)c1ccc(OCC(N)=O)cc1. The lowest BCUT2D eigenvalue weighted by atomic mass is 9.59. The number of sulfonamides is 1. The average Bonchev–Trinajstić information content (AvgIpc) is 3.31. The van der Waals surface area contributed by atoms with E-state index in [0.717, 1.165) is 19.3 Å². The third kappa shape index (κ3) is 3.82. The maximum absolute atomic E-state index is 13.5. The lowest BCUT2D eigenvalue weighted by Gasteiger charge is -2.53. The Morgan fingerprint density at radius 3 is 2.53 bits per heavy atom. The minimum absolute atomic E-state index is 0.00950. The van der Waals surface area contributed by atoms with Crippen LogP contribution in [-0.2, 0) is 19.6 Å². The van der Waals surface area contributed by atoms with Gasteiger partial charge in [-0.3, -0.25) is 4.79 Å². The summed E-state index contributed by atoms with van der Waals surface area (Å²) in [6, 6.07) is 16.2. The summed E-state index contributed by atoms with van der Waals surface area (Å²) in [5.41, 5.74) is 5.98. The fourth-order valence-corrected chi connectivity index (χ4v) is 8.27. The molecule has 2 aliphatic carbocycles. The van der Waals surface area contributed by atoms with E-state index in [-0.39, 0.29) is 40.4 Å². The van der Waals surface area contributed by atoms with Crippen molar-refractivity contribution in [1.29, 1.82) is 0 Å². The number of amides is 1. The summed E-state index contributed by atoms with van der Waals surface area (Å²) in [6.07, 6.45) is 2.92. The number of carbonyl (C=O) groups excluding carboxylic acids is 1. The highest BCUT2D eigenvalue weighted by molar-refractivity contribution is 7.89. The largest absolute Gasteiger partial charge is 0.484 e. The van der Waals surface area contributed by atoms with Gasteiger partial charge in [0.1, 0.15) is 5.75 Å². The molecule has 1 aliphatic heterocycles. The van der Waals surface area contributed by atoms with Gasteiger partial charge in [0.25, 0.3) is 5.91 Å². The Morgan fingerprint density at radius 2 is 1.85 bits per heavy atom. The van der Waals surface area contributed by atoms with Gasteiger partial charge in [0.15, 0.2) is 6.61 Å². The molecule has 34 heavy (non-hydrogen) atoms. The van der Waals surface area contributed by atoms with Crippen molar-refractivity contribution < 1.29 is 22.7 Å². The molecule has 8 heteroatoms. The van der Waals surface area contributed by atoms with Gasteiger partial charge in [0.05, 0.1) is 11.0 Å². The van der Waals surface area contributed by atoms with Gasteiger partial charge in [0.2, 0.25) is 10.0 Å². The molecule has 7 nitrogen and oxygen atoms in total. The molecule has 0 aromatic heterocycles. The average molecular weight is 485 g/mol. The highest BCUT2D eigenvalue weighted by atomic mass is 32.2. The smallest absolute Gasteiger partial charge is 0.255 e. The molecule has 0 radical (unpaired) electrons. The van der Waals surface area contributed by atoms with E-state index in [1.54, 1.807) is 12.1 Å². The first-order valence-corrected chi connectivity index (χ1v) is 13.3. The lowest BCUT2D eigenvalue weighted by Crippen LogP contribution is -2.58. The zero-order chi connectivity index (χ0) is 24.1. The number of fused-ring (bicyclic) bond motifs is 1. The van der Waals surface area contributed by atoms with Gasteiger partial charge < -0.3 is 15.2 Å².